The lowest BCUT2D eigenvalue weighted by Gasteiger charge is -2.36. The molecule has 2 fully saturated rings. The van der Waals surface area contributed by atoms with Crippen molar-refractivity contribution in [2.24, 2.45) is 0 Å². The molecule has 3 heterocycles. The van der Waals surface area contributed by atoms with E-state index in [1.54, 1.807) is 13.1 Å². The predicted octanol–water partition coefficient (Wildman–Crippen LogP) is -1.19. The lowest BCUT2D eigenvalue weighted by Crippen LogP contribution is -2.58. The van der Waals surface area contributed by atoms with Crippen LogP contribution >= 0.6 is 0 Å². The first-order valence-corrected chi connectivity index (χ1v) is 6.95. The van der Waals surface area contributed by atoms with Gasteiger partial charge in [-0.15, -0.1) is 5.10 Å². The molecule has 102 valence electrons. The molecule has 19 heavy (non-hydrogen) atoms. The van der Waals surface area contributed by atoms with Crippen LogP contribution in [0.15, 0.2) is 12.4 Å². The van der Waals surface area contributed by atoms with Gasteiger partial charge in [-0.2, -0.15) is 0 Å². The average Bonchev–Trinajstić information content (AvgIpc) is 2.88. The van der Waals surface area contributed by atoms with Crippen molar-refractivity contribution >= 4 is 22.7 Å². The van der Waals surface area contributed by atoms with Gasteiger partial charge in [0.05, 0.1) is 34.7 Å². The lowest BCUT2D eigenvalue weighted by molar-refractivity contribution is -0.157. The number of hydrogen-bond acceptors (Lipinski definition) is 5. The van der Waals surface area contributed by atoms with Crippen LogP contribution in [0.1, 0.15) is 13.3 Å². The number of amides is 1. The first kappa shape index (κ1) is 12.3. The third-order valence-electron chi connectivity index (χ3n) is 3.69. The molecule has 2 saturated heterocycles. The minimum Gasteiger partial charge on any atom is -0.480 e. The summed E-state index contributed by atoms with van der Waals surface area (Å²) in [4.78, 5) is 24.2. The Morgan fingerprint density at radius 2 is 2.42 bits per heavy atom. The highest BCUT2D eigenvalue weighted by molar-refractivity contribution is 7.87. The zero-order valence-corrected chi connectivity index (χ0v) is 10.9. The molecule has 0 bridgehead atoms. The van der Waals surface area contributed by atoms with Crippen LogP contribution in [0, 0.1) is 0 Å². The summed E-state index contributed by atoms with van der Waals surface area (Å²) in [6, 6.07) is -1.08. The third kappa shape index (κ3) is 1.54. The SMILES string of the molecule is CC1(Cn2ccnn2)[C@H](C(=O)O)N2C(=O)C[C@H]2S1=O. The second-order valence-electron chi connectivity index (χ2n) is 4.91. The van der Waals surface area contributed by atoms with E-state index in [-0.39, 0.29) is 18.9 Å². The van der Waals surface area contributed by atoms with E-state index in [1.165, 1.54) is 15.8 Å². The van der Waals surface area contributed by atoms with Crippen LogP contribution in [0.25, 0.3) is 0 Å². The van der Waals surface area contributed by atoms with Crippen LogP contribution in [0.5, 0.6) is 0 Å². The highest BCUT2D eigenvalue weighted by atomic mass is 32.2. The molecule has 0 spiro atoms. The van der Waals surface area contributed by atoms with Gasteiger partial charge in [-0.1, -0.05) is 5.21 Å². The average molecular weight is 284 g/mol. The topological polar surface area (TPSA) is 105 Å². The van der Waals surface area contributed by atoms with Crippen molar-refractivity contribution < 1.29 is 18.9 Å². The van der Waals surface area contributed by atoms with E-state index in [1.807, 2.05) is 0 Å². The Labute approximate surface area is 110 Å². The standard InChI is InChI=1S/C10H12N4O4S/c1-10(5-13-3-2-11-12-13)8(9(16)17)14-6(15)4-7(14)19(10)18/h2-3,7-8H,4-5H2,1H3,(H,16,17)/t7-,8+,10?,19?/m1/s1. The van der Waals surface area contributed by atoms with Crippen LogP contribution < -0.4 is 0 Å². The van der Waals surface area contributed by atoms with E-state index in [2.05, 4.69) is 10.3 Å². The maximum atomic E-state index is 12.5. The third-order valence-corrected chi connectivity index (χ3v) is 5.85. The maximum absolute atomic E-state index is 12.5. The number of hydrogen-bond donors (Lipinski definition) is 1. The Balaban J connectivity index is 1.99. The Morgan fingerprint density at radius 1 is 1.68 bits per heavy atom. The van der Waals surface area contributed by atoms with Crippen molar-refractivity contribution in [3.63, 3.8) is 0 Å². The number of nitrogens with zero attached hydrogens (tertiary/aromatic N) is 4. The maximum Gasteiger partial charge on any atom is 0.328 e. The lowest BCUT2D eigenvalue weighted by atomic mass is 9.96. The summed E-state index contributed by atoms with van der Waals surface area (Å²) >= 11 is 0. The first-order valence-electron chi connectivity index (χ1n) is 5.74. The molecule has 1 amide bonds. The molecule has 0 radical (unpaired) electrons. The fourth-order valence-electron chi connectivity index (χ4n) is 2.77. The molecule has 8 nitrogen and oxygen atoms in total. The molecule has 0 saturated carbocycles. The summed E-state index contributed by atoms with van der Waals surface area (Å²) in [5.74, 6) is -1.39. The van der Waals surface area contributed by atoms with E-state index in [0.29, 0.717) is 0 Å². The monoisotopic (exact) mass is 284 g/mol. The van der Waals surface area contributed by atoms with Crippen LogP contribution in [-0.4, -0.2) is 57.2 Å². The van der Waals surface area contributed by atoms with E-state index in [9.17, 15) is 18.9 Å². The predicted molar refractivity (Wildman–Crippen MR) is 63.2 cm³/mol. The summed E-state index contributed by atoms with van der Waals surface area (Å²) in [7, 11) is -1.43. The molecule has 3 rings (SSSR count). The van der Waals surface area contributed by atoms with Gasteiger partial charge in [0.15, 0.2) is 0 Å². The van der Waals surface area contributed by atoms with Crippen molar-refractivity contribution in [3.8, 4) is 0 Å². The normalized spacial score (nSPS) is 37.0. The fraction of sp³-hybridized carbons (Fsp3) is 0.600. The number of β-lactam (4-membered cyclic amide) rings is 1. The molecule has 9 heteroatoms. The second kappa shape index (κ2) is 3.86. The molecule has 2 unspecified atom stereocenters. The van der Waals surface area contributed by atoms with Crippen molar-refractivity contribution in [2.75, 3.05) is 0 Å². The molecule has 1 N–H and O–H groups in total. The molecule has 0 aliphatic carbocycles. The summed E-state index contributed by atoms with van der Waals surface area (Å²) in [6.07, 6.45) is 3.21. The number of carboxylic acids is 1. The van der Waals surface area contributed by atoms with Crippen molar-refractivity contribution in [3.05, 3.63) is 12.4 Å². The first-order chi connectivity index (χ1) is 8.95. The zero-order valence-electron chi connectivity index (χ0n) is 10.1. The van der Waals surface area contributed by atoms with Gasteiger partial charge < -0.3 is 10.0 Å². The fourth-order valence-corrected chi connectivity index (χ4v) is 4.83. The largest absolute Gasteiger partial charge is 0.480 e. The summed E-state index contributed by atoms with van der Waals surface area (Å²) in [5, 5.41) is 16.3. The number of carbonyl (C=O) groups is 2. The smallest absolute Gasteiger partial charge is 0.328 e. The van der Waals surface area contributed by atoms with Gasteiger partial charge in [-0.3, -0.25) is 13.7 Å². The molecular formula is C10H12N4O4S. The van der Waals surface area contributed by atoms with Crippen molar-refractivity contribution in [1.29, 1.82) is 0 Å². The molecular weight excluding hydrogens is 272 g/mol. The van der Waals surface area contributed by atoms with Crippen LogP contribution in [0.3, 0.4) is 0 Å². The minimum atomic E-state index is -1.43. The molecule has 2 aliphatic heterocycles. The highest BCUT2D eigenvalue weighted by Crippen LogP contribution is 2.44. The van der Waals surface area contributed by atoms with Crippen LogP contribution in [0.4, 0.5) is 0 Å². The van der Waals surface area contributed by atoms with Gasteiger partial charge in [0, 0.05) is 6.20 Å². The van der Waals surface area contributed by atoms with Gasteiger partial charge in [0.2, 0.25) is 5.91 Å². The molecule has 1 aromatic heterocycles. The number of carboxylic acid groups (broad SMARTS) is 1. The summed E-state index contributed by atoms with van der Waals surface area (Å²) < 4.78 is 12.9. The Morgan fingerprint density at radius 3 is 2.95 bits per heavy atom. The van der Waals surface area contributed by atoms with Gasteiger partial charge in [0.25, 0.3) is 0 Å². The zero-order chi connectivity index (χ0) is 13.8. The highest BCUT2D eigenvalue weighted by Gasteiger charge is 2.65. The molecule has 0 aromatic carbocycles. The molecule has 2 aliphatic rings. The quantitative estimate of drug-likeness (QED) is 0.700. The van der Waals surface area contributed by atoms with Crippen molar-refractivity contribution in [1.82, 2.24) is 19.9 Å². The molecule has 1 aromatic rings. The number of rotatable bonds is 3. The number of aliphatic carboxylic acids is 1. The summed E-state index contributed by atoms with van der Waals surface area (Å²) in [6.45, 7) is 1.77. The summed E-state index contributed by atoms with van der Waals surface area (Å²) in [5.41, 5.74) is 0. The Hall–Kier alpha value is -1.77. The van der Waals surface area contributed by atoms with E-state index in [0.717, 1.165) is 0 Å². The second-order valence-corrected chi connectivity index (χ2v) is 6.98. The van der Waals surface area contributed by atoms with E-state index in [4.69, 9.17) is 0 Å². The van der Waals surface area contributed by atoms with Crippen LogP contribution in [0.2, 0.25) is 0 Å². The minimum absolute atomic E-state index is 0.150. The van der Waals surface area contributed by atoms with Gasteiger partial charge >= 0.3 is 5.97 Å². The van der Waals surface area contributed by atoms with Gasteiger partial charge in [0.1, 0.15) is 11.4 Å². The van der Waals surface area contributed by atoms with E-state index >= 15 is 0 Å². The number of aromatic nitrogens is 3. The van der Waals surface area contributed by atoms with Crippen molar-refractivity contribution in [2.45, 2.75) is 36.1 Å². The van der Waals surface area contributed by atoms with Gasteiger partial charge in [-0.25, -0.2) is 4.79 Å². The number of carbonyl (C=O) groups excluding carboxylic acids is 1. The van der Waals surface area contributed by atoms with E-state index < -0.39 is 32.9 Å². The van der Waals surface area contributed by atoms with Crippen LogP contribution in [-0.2, 0) is 26.9 Å². The van der Waals surface area contributed by atoms with Gasteiger partial charge in [-0.05, 0) is 6.92 Å². The Kier molecular flexibility index (Phi) is 2.49. The molecule has 4 atom stereocenters. The number of fused-ring (bicyclic) bond motifs is 1. The Bertz CT molecular complexity index is 574.